The number of nitrogens with zero attached hydrogens (tertiary/aromatic N) is 2. The monoisotopic (exact) mass is 817 g/mol. The molecular formula is C46H54F3N3O7. The van der Waals surface area contributed by atoms with Gasteiger partial charge in [-0.1, -0.05) is 54.6 Å². The van der Waals surface area contributed by atoms with Gasteiger partial charge in [-0.05, 0) is 93.0 Å². The molecule has 0 bridgehead atoms. The van der Waals surface area contributed by atoms with Crippen LogP contribution >= 0.6 is 0 Å². The fourth-order valence-corrected chi connectivity index (χ4v) is 8.14. The Bertz CT molecular complexity index is 2070. The Hall–Kier alpha value is -4.95. The van der Waals surface area contributed by atoms with Crippen molar-refractivity contribution in [3.63, 3.8) is 0 Å². The van der Waals surface area contributed by atoms with E-state index in [0.29, 0.717) is 31.1 Å². The van der Waals surface area contributed by atoms with Crippen LogP contribution in [-0.2, 0) is 17.5 Å². The number of aryl methyl sites for hydroxylation is 1. The number of pyridine rings is 1. The number of benzene rings is 3. The van der Waals surface area contributed by atoms with E-state index in [1.807, 2.05) is 55.7 Å². The van der Waals surface area contributed by atoms with Gasteiger partial charge in [-0.2, -0.15) is 13.2 Å². The van der Waals surface area contributed by atoms with Crippen LogP contribution in [0.15, 0.2) is 103 Å². The van der Waals surface area contributed by atoms with Gasteiger partial charge in [0.15, 0.2) is 0 Å². The van der Waals surface area contributed by atoms with Gasteiger partial charge in [0, 0.05) is 66.9 Å². The average molecular weight is 818 g/mol. The Morgan fingerprint density at radius 3 is 2.68 bits per heavy atom. The van der Waals surface area contributed by atoms with Crippen LogP contribution in [0.4, 0.5) is 18.9 Å². The highest BCUT2D eigenvalue weighted by molar-refractivity contribution is 5.93. The fraction of sp³-hybridized carbons (Fsp3) is 0.435. The maximum Gasteiger partial charge on any atom is 0.416 e. The standard InChI is InChI=1S/C46H54F3N3O7/c1-29-14-15-31(26-52-21-19-34(27-52)51-41-13-6-8-32-25-50-20-18-38(32)41)22-44(29)59-30(2)37(45(56)57)11-4-3-5-12-39-40(43(55)24-42(39)54)17-16-35(53)28-58-36-10-7-9-33(23-36)46(47,48)49/h3,5-10,13-18,20,22-23,25,30,34-35,37,39-40,42-43,51,53-55H,4,11-12,19,21,24,26-28H2,1-2H3,(H,56,57)/b5-3-,17-16+/t30?,34-,35-,37?,39-,40-,42+,43-/m1/s1. The number of ether oxygens (including phenoxy) is 2. The van der Waals surface area contributed by atoms with E-state index in [2.05, 4.69) is 33.4 Å². The lowest BCUT2D eigenvalue weighted by molar-refractivity contribution is -0.145. The zero-order valence-electron chi connectivity index (χ0n) is 33.3. The molecule has 0 amide bonds. The second kappa shape index (κ2) is 19.9. The van der Waals surface area contributed by atoms with E-state index in [1.165, 1.54) is 18.2 Å². The molecule has 1 aliphatic carbocycles. The molecule has 1 saturated carbocycles. The van der Waals surface area contributed by atoms with Gasteiger partial charge in [-0.3, -0.25) is 14.7 Å². The Balaban J connectivity index is 0.966. The van der Waals surface area contributed by atoms with E-state index in [0.717, 1.165) is 65.8 Å². The normalized spacial score (nSPS) is 22.9. The maximum atomic E-state index is 13.0. The van der Waals surface area contributed by atoms with Gasteiger partial charge in [-0.15, -0.1) is 0 Å². The molecule has 1 aliphatic heterocycles. The molecule has 1 aromatic heterocycles. The molecule has 1 saturated heterocycles. The number of fused-ring (bicyclic) bond motifs is 1. The predicted molar refractivity (Wildman–Crippen MR) is 220 cm³/mol. The number of hydrogen-bond donors (Lipinski definition) is 5. The Labute approximate surface area is 343 Å². The number of hydrogen-bond acceptors (Lipinski definition) is 9. The molecule has 6 rings (SSSR count). The van der Waals surface area contributed by atoms with Crippen molar-refractivity contribution >= 4 is 22.4 Å². The van der Waals surface area contributed by atoms with E-state index in [1.54, 1.807) is 13.0 Å². The quantitative estimate of drug-likeness (QED) is 0.0632. The average Bonchev–Trinajstić information content (AvgIpc) is 3.76. The van der Waals surface area contributed by atoms with Gasteiger partial charge in [-0.25, -0.2) is 0 Å². The first-order valence-electron chi connectivity index (χ1n) is 20.2. The fourth-order valence-electron chi connectivity index (χ4n) is 8.14. The summed E-state index contributed by atoms with van der Waals surface area (Å²) in [6, 6.07) is 19.0. The predicted octanol–water partition coefficient (Wildman–Crippen LogP) is 7.80. The highest BCUT2D eigenvalue weighted by atomic mass is 19.4. The first-order chi connectivity index (χ1) is 28.2. The number of aromatic nitrogens is 1. The lowest BCUT2D eigenvalue weighted by Crippen LogP contribution is -2.30. The molecule has 316 valence electrons. The van der Waals surface area contributed by atoms with E-state index >= 15 is 0 Å². The van der Waals surface area contributed by atoms with Crippen molar-refractivity contribution in [1.29, 1.82) is 0 Å². The van der Waals surface area contributed by atoms with Gasteiger partial charge in [0.2, 0.25) is 0 Å². The summed E-state index contributed by atoms with van der Waals surface area (Å²) in [5.41, 5.74) is 2.27. The van der Waals surface area contributed by atoms with Crippen LogP contribution in [0.5, 0.6) is 11.5 Å². The van der Waals surface area contributed by atoms with E-state index in [-0.39, 0.29) is 24.7 Å². The van der Waals surface area contributed by atoms with Crippen molar-refractivity contribution in [2.45, 2.75) is 89.1 Å². The third-order valence-electron chi connectivity index (χ3n) is 11.4. The number of nitrogens with one attached hydrogen (secondary N) is 1. The number of carboxylic acids is 1. The lowest BCUT2D eigenvalue weighted by Gasteiger charge is -2.23. The van der Waals surface area contributed by atoms with Crippen LogP contribution in [0, 0.1) is 24.7 Å². The molecule has 2 heterocycles. The van der Waals surface area contributed by atoms with Gasteiger partial charge < -0.3 is 35.2 Å². The van der Waals surface area contributed by atoms with E-state index in [9.17, 15) is 38.4 Å². The van der Waals surface area contributed by atoms with Gasteiger partial charge in [0.05, 0.1) is 23.7 Å². The number of anilines is 1. The molecule has 2 unspecified atom stereocenters. The first-order valence-corrected chi connectivity index (χ1v) is 20.2. The SMILES string of the molecule is Cc1ccc(CN2CC[C@@H](Nc3cccc4cnccc34)C2)cc1OC(C)C(CC/C=C\C[C@@H]1[C@@H](/C=C/[C@@H](O)COc2cccc(C(F)(F)F)c2)[C@H](O)C[C@@H]1O)C(=O)O. The zero-order chi connectivity index (χ0) is 42.1. The van der Waals surface area contributed by atoms with Crippen LogP contribution in [0.3, 0.4) is 0 Å². The van der Waals surface area contributed by atoms with Crippen LogP contribution in [-0.4, -0.2) is 86.4 Å². The van der Waals surface area contributed by atoms with Crippen molar-refractivity contribution in [3.8, 4) is 11.5 Å². The number of carbonyl (C=O) groups is 1. The number of alkyl halides is 3. The van der Waals surface area contributed by atoms with E-state index < -0.39 is 54.0 Å². The molecule has 4 aromatic rings. The highest BCUT2D eigenvalue weighted by Gasteiger charge is 2.39. The minimum Gasteiger partial charge on any atom is -0.491 e. The number of aliphatic carboxylic acids is 1. The van der Waals surface area contributed by atoms with Crippen molar-refractivity contribution < 1.29 is 47.9 Å². The molecule has 0 spiro atoms. The Kier molecular flexibility index (Phi) is 14.7. The summed E-state index contributed by atoms with van der Waals surface area (Å²) in [5, 5.41) is 47.9. The summed E-state index contributed by atoms with van der Waals surface area (Å²) >= 11 is 0. The van der Waals surface area contributed by atoms with Crippen molar-refractivity contribution in [2.24, 2.45) is 17.8 Å². The molecule has 59 heavy (non-hydrogen) atoms. The molecule has 0 radical (unpaired) electrons. The molecule has 10 nitrogen and oxygen atoms in total. The number of aliphatic hydroxyl groups excluding tert-OH is 3. The highest BCUT2D eigenvalue weighted by Crippen LogP contribution is 2.37. The Morgan fingerprint density at radius 1 is 1.07 bits per heavy atom. The Morgan fingerprint density at radius 2 is 1.88 bits per heavy atom. The molecule has 8 atom stereocenters. The molecule has 2 fully saturated rings. The smallest absolute Gasteiger partial charge is 0.416 e. The van der Waals surface area contributed by atoms with Crippen LogP contribution in [0.25, 0.3) is 10.8 Å². The molecule has 5 N–H and O–H groups in total. The summed E-state index contributed by atoms with van der Waals surface area (Å²) in [4.78, 5) is 19.0. The second-order valence-corrected chi connectivity index (χ2v) is 15.8. The van der Waals surface area contributed by atoms with Gasteiger partial charge >= 0.3 is 12.1 Å². The molecule has 2 aliphatic rings. The van der Waals surface area contributed by atoms with Crippen LogP contribution in [0.2, 0.25) is 0 Å². The number of allylic oxidation sites excluding steroid dienone is 2. The summed E-state index contributed by atoms with van der Waals surface area (Å²) in [7, 11) is 0. The third-order valence-corrected chi connectivity index (χ3v) is 11.4. The molecule has 13 heteroatoms. The summed E-state index contributed by atoms with van der Waals surface area (Å²) < 4.78 is 50.7. The summed E-state index contributed by atoms with van der Waals surface area (Å²) in [5.74, 6) is -1.93. The zero-order valence-corrected chi connectivity index (χ0v) is 33.3. The molecule has 3 aromatic carbocycles. The van der Waals surface area contributed by atoms with Gasteiger partial charge in [0.1, 0.15) is 30.3 Å². The van der Waals surface area contributed by atoms with Crippen molar-refractivity contribution in [2.75, 3.05) is 25.0 Å². The summed E-state index contributed by atoms with van der Waals surface area (Å²) in [6.07, 6.45) is 4.91. The topological polar surface area (TPSA) is 145 Å². The second-order valence-electron chi connectivity index (χ2n) is 15.8. The van der Waals surface area contributed by atoms with Gasteiger partial charge in [0.25, 0.3) is 0 Å². The number of halogens is 3. The maximum absolute atomic E-state index is 13.0. The lowest BCUT2D eigenvalue weighted by atomic mass is 9.89. The van der Waals surface area contributed by atoms with Crippen LogP contribution < -0.4 is 14.8 Å². The number of rotatable bonds is 18. The first kappa shape index (κ1) is 43.6. The molecular weight excluding hydrogens is 764 g/mol. The van der Waals surface area contributed by atoms with Crippen molar-refractivity contribution in [3.05, 3.63) is 120 Å². The summed E-state index contributed by atoms with van der Waals surface area (Å²) in [6.45, 7) is 6.02. The third kappa shape index (κ3) is 11.8. The minimum absolute atomic E-state index is 0.0332. The minimum atomic E-state index is -4.52. The number of carboxylic acid groups (broad SMARTS) is 1. The van der Waals surface area contributed by atoms with Crippen LogP contribution in [0.1, 0.15) is 55.7 Å². The number of aliphatic hydroxyl groups is 3. The number of likely N-dealkylation sites (tertiary alicyclic amines) is 1. The largest absolute Gasteiger partial charge is 0.491 e. The van der Waals surface area contributed by atoms with Crippen molar-refractivity contribution in [1.82, 2.24) is 9.88 Å². The van der Waals surface area contributed by atoms with E-state index in [4.69, 9.17) is 9.47 Å².